The second kappa shape index (κ2) is 8.41. The molecule has 2 nitrogen and oxygen atoms in total. The summed E-state index contributed by atoms with van der Waals surface area (Å²) in [4.78, 5) is 0. The molecule has 0 saturated carbocycles. The highest BCUT2D eigenvalue weighted by Gasteiger charge is 2.30. The van der Waals surface area contributed by atoms with Crippen LogP contribution >= 0.6 is 12.4 Å². The lowest BCUT2D eigenvalue weighted by Gasteiger charge is -2.15. The Balaban J connectivity index is 0.00000225. The highest BCUT2D eigenvalue weighted by Crippen LogP contribution is 2.31. The van der Waals surface area contributed by atoms with Crippen molar-refractivity contribution in [3.63, 3.8) is 0 Å². The van der Waals surface area contributed by atoms with Gasteiger partial charge >= 0.3 is 6.18 Å². The molecular formula is C19H19ClF3NO. The molecule has 0 aliphatic carbocycles. The molecule has 1 N–H and O–H groups in total. The minimum Gasteiger partial charge on any atom is -0.457 e. The third kappa shape index (κ3) is 5.51. The van der Waals surface area contributed by atoms with Gasteiger partial charge in [0.05, 0.1) is 5.56 Å². The van der Waals surface area contributed by atoms with Gasteiger partial charge in [-0.05, 0) is 67.9 Å². The van der Waals surface area contributed by atoms with Crippen LogP contribution in [0.15, 0.2) is 54.1 Å². The van der Waals surface area contributed by atoms with Gasteiger partial charge in [-0.3, -0.25) is 0 Å². The zero-order valence-electron chi connectivity index (χ0n) is 13.5. The Morgan fingerprint density at radius 1 is 0.920 bits per heavy atom. The minimum atomic E-state index is -4.33. The van der Waals surface area contributed by atoms with Gasteiger partial charge in [-0.2, -0.15) is 13.2 Å². The second-order valence-corrected chi connectivity index (χ2v) is 5.75. The van der Waals surface area contributed by atoms with Crippen molar-refractivity contribution in [2.45, 2.75) is 19.0 Å². The molecule has 2 aromatic carbocycles. The Morgan fingerprint density at radius 3 is 2.24 bits per heavy atom. The lowest BCUT2D eigenvalue weighted by Crippen LogP contribution is -2.22. The third-order valence-corrected chi connectivity index (χ3v) is 3.89. The molecule has 0 atom stereocenters. The standard InChI is InChI=1S/C19H18F3NO.ClH/c20-19(21,22)16-4-6-17(7-5-16)24-18-3-1-2-15(13-18)12-14-8-10-23-11-9-14;/h1-7,12-13,23H,8-11H2;1H. The van der Waals surface area contributed by atoms with Gasteiger partial charge in [-0.25, -0.2) is 0 Å². The van der Waals surface area contributed by atoms with Crippen LogP contribution in [0, 0.1) is 0 Å². The summed E-state index contributed by atoms with van der Waals surface area (Å²) in [6.07, 6.45) is -0.117. The predicted molar refractivity (Wildman–Crippen MR) is 95.3 cm³/mol. The molecule has 6 heteroatoms. The first-order valence-corrected chi connectivity index (χ1v) is 7.86. The van der Waals surface area contributed by atoms with Gasteiger partial charge in [-0.1, -0.05) is 23.8 Å². The van der Waals surface area contributed by atoms with E-state index in [-0.39, 0.29) is 12.4 Å². The number of halogens is 4. The molecule has 0 spiro atoms. The number of ether oxygens (including phenoxy) is 1. The molecule has 0 aromatic heterocycles. The Bertz CT molecular complexity index is 718. The van der Waals surface area contributed by atoms with Crippen molar-refractivity contribution in [3.05, 3.63) is 65.2 Å². The van der Waals surface area contributed by atoms with E-state index in [1.807, 2.05) is 18.2 Å². The van der Waals surface area contributed by atoms with Crippen LogP contribution in [0.3, 0.4) is 0 Å². The van der Waals surface area contributed by atoms with Crippen LogP contribution in [-0.4, -0.2) is 13.1 Å². The highest BCUT2D eigenvalue weighted by atomic mass is 35.5. The quantitative estimate of drug-likeness (QED) is 0.750. The molecule has 25 heavy (non-hydrogen) atoms. The summed E-state index contributed by atoms with van der Waals surface area (Å²) in [6.45, 7) is 1.99. The van der Waals surface area contributed by atoms with Crippen LogP contribution in [0.2, 0.25) is 0 Å². The molecule has 134 valence electrons. The topological polar surface area (TPSA) is 21.3 Å². The third-order valence-electron chi connectivity index (χ3n) is 3.89. The first-order valence-electron chi connectivity index (χ1n) is 7.86. The summed E-state index contributed by atoms with van der Waals surface area (Å²) in [5.41, 5.74) is 1.75. The fourth-order valence-corrected chi connectivity index (χ4v) is 2.64. The maximum Gasteiger partial charge on any atom is 0.416 e. The van der Waals surface area contributed by atoms with E-state index in [9.17, 15) is 13.2 Å². The van der Waals surface area contributed by atoms with Crippen molar-refractivity contribution >= 4 is 18.5 Å². The van der Waals surface area contributed by atoms with E-state index >= 15 is 0 Å². The van der Waals surface area contributed by atoms with Crippen molar-refractivity contribution in [1.82, 2.24) is 5.32 Å². The normalized spacial score (nSPS) is 14.6. The lowest BCUT2D eigenvalue weighted by atomic mass is 10.0. The van der Waals surface area contributed by atoms with Crippen molar-refractivity contribution in [1.29, 1.82) is 0 Å². The molecule has 0 radical (unpaired) electrons. The molecule has 0 amide bonds. The van der Waals surface area contributed by atoms with Crippen LogP contribution in [0.5, 0.6) is 11.5 Å². The SMILES string of the molecule is Cl.FC(F)(F)c1ccc(Oc2cccc(C=C3CCNCC3)c2)cc1. The number of piperidine rings is 1. The molecule has 2 aromatic rings. The van der Waals surface area contributed by atoms with E-state index in [2.05, 4.69) is 11.4 Å². The van der Waals surface area contributed by atoms with E-state index in [0.29, 0.717) is 11.5 Å². The molecule has 1 fully saturated rings. The molecule has 0 unspecified atom stereocenters. The smallest absolute Gasteiger partial charge is 0.416 e. The molecule has 1 aliphatic rings. The second-order valence-electron chi connectivity index (χ2n) is 5.75. The van der Waals surface area contributed by atoms with E-state index in [4.69, 9.17) is 4.74 Å². The van der Waals surface area contributed by atoms with Crippen molar-refractivity contribution in [3.8, 4) is 11.5 Å². The lowest BCUT2D eigenvalue weighted by molar-refractivity contribution is -0.137. The van der Waals surface area contributed by atoms with Gasteiger partial charge in [0.15, 0.2) is 0 Å². The Hall–Kier alpha value is -1.98. The van der Waals surface area contributed by atoms with Gasteiger partial charge in [0, 0.05) is 0 Å². The zero-order chi connectivity index (χ0) is 17.0. The van der Waals surface area contributed by atoms with E-state index < -0.39 is 11.7 Å². The van der Waals surface area contributed by atoms with Gasteiger partial charge in [0.25, 0.3) is 0 Å². The van der Waals surface area contributed by atoms with Gasteiger partial charge in [-0.15, -0.1) is 12.4 Å². The number of alkyl halides is 3. The predicted octanol–water partition coefficient (Wildman–Crippen LogP) is 5.69. The molecule has 1 saturated heterocycles. The molecule has 1 heterocycles. The average molecular weight is 370 g/mol. The van der Waals surface area contributed by atoms with Crippen LogP contribution in [-0.2, 0) is 6.18 Å². The number of nitrogens with one attached hydrogen (secondary N) is 1. The van der Waals surface area contributed by atoms with Gasteiger partial charge in [0.1, 0.15) is 11.5 Å². The first kappa shape index (κ1) is 19.3. The maximum atomic E-state index is 12.6. The molecule has 3 rings (SSSR count). The summed E-state index contributed by atoms with van der Waals surface area (Å²) in [5.74, 6) is 0.993. The van der Waals surface area contributed by atoms with Crippen LogP contribution in [0.25, 0.3) is 6.08 Å². The highest BCUT2D eigenvalue weighted by molar-refractivity contribution is 5.85. The number of benzene rings is 2. The fourth-order valence-electron chi connectivity index (χ4n) is 2.64. The molecule has 1 aliphatic heterocycles. The number of hydrogen-bond acceptors (Lipinski definition) is 2. The number of hydrogen-bond donors (Lipinski definition) is 1. The van der Waals surface area contributed by atoms with Crippen molar-refractivity contribution < 1.29 is 17.9 Å². The summed E-state index contributed by atoms with van der Waals surface area (Å²) >= 11 is 0. The number of rotatable bonds is 3. The maximum absolute atomic E-state index is 12.6. The summed E-state index contributed by atoms with van der Waals surface area (Å²) in [6, 6.07) is 12.3. The van der Waals surface area contributed by atoms with Crippen molar-refractivity contribution in [2.75, 3.05) is 13.1 Å². The van der Waals surface area contributed by atoms with Gasteiger partial charge < -0.3 is 10.1 Å². The average Bonchev–Trinajstić information content (AvgIpc) is 2.56. The minimum absolute atomic E-state index is 0. The van der Waals surface area contributed by atoms with E-state index in [1.54, 1.807) is 6.07 Å². The summed E-state index contributed by atoms with van der Waals surface area (Å²) in [7, 11) is 0. The van der Waals surface area contributed by atoms with Crippen LogP contribution in [0.1, 0.15) is 24.0 Å². The van der Waals surface area contributed by atoms with E-state index in [0.717, 1.165) is 43.6 Å². The van der Waals surface area contributed by atoms with Gasteiger partial charge in [0.2, 0.25) is 0 Å². The van der Waals surface area contributed by atoms with Crippen LogP contribution < -0.4 is 10.1 Å². The monoisotopic (exact) mass is 369 g/mol. The Labute approximate surface area is 151 Å². The Morgan fingerprint density at radius 2 is 1.60 bits per heavy atom. The summed E-state index contributed by atoms with van der Waals surface area (Å²) in [5, 5.41) is 3.31. The largest absolute Gasteiger partial charge is 0.457 e. The van der Waals surface area contributed by atoms with E-state index in [1.165, 1.54) is 17.7 Å². The molecular weight excluding hydrogens is 351 g/mol. The Kier molecular flexibility index (Phi) is 6.51. The van der Waals surface area contributed by atoms with Crippen LogP contribution in [0.4, 0.5) is 13.2 Å². The zero-order valence-corrected chi connectivity index (χ0v) is 14.3. The van der Waals surface area contributed by atoms with Crippen molar-refractivity contribution in [2.24, 2.45) is 0 Å². The fraction of sp³-hybridized carbons (Fsp3) is 0.263. The molecule has 0 bridgehead atoms. The first-order chi connectivity index (χ1) is 11.5. The summed E-state index contributed by atoms with van der Waals surface area (Å²) < 4.78 is 43.4.